The van der Waals surface area contributed by atoms with Crippen molar-refractivity contribution in [2.75, 3.05) is 55.0 Å². The highest BCUT2D eigenvalue weighted by atomic mass is 32.2. The van der Waals surface area contributed by atoms with Crippen LogP contribution in [0.25, 0.3) is 0 Å². The van der Waals surface area contributed by atoms with Gasteiger partial charge < -0.3 is 15.5 Å². The summed E-state index contributed by atoms with van der Waals surface area (Å²) in [4.78, 5) is 12.5. The topological polar surface area (TPSA) is 117 Å². The summed E-state index contributed by atoms with van der Waals surface area (Å²) in [6.07, 6.45) is -0.596. The van der Waals surface area contributed by atoms with E-state index >= 15 is 0 Å². The van der Waals surface area contributed by atoms with Crippen molar-refractivity contribution in [1.29, 1.82) is 5.26 Å². The van der Waals surface area contributed by atoms with Crippen LogP contribution in [-0.4, -0.2) is 84.2 Å². The lowest BCUT2D eigenvalue weighted by Crippen LogP contribution is -2.61. The second-order valence-corrected chi connectivity index (χ2v) is 14.0. The zero-order valence-electron chi connectivity index (χ0n) is 24.2. The number of rotatable bonds is 6. The Kier molecular flexibility index (Phi) is 8.20. The minimum atomic E-state index is -4.65. The zero-order valence-corrected chi connectivity index (χ0v) is 25.0. The fourth-order valence-corrected chi connectivity index (χ4v) is 6.63. The number of hydrogen-bond acceptors (Lipinski definition) is 9. The Morgan fingerprint density at radius 3 is 2.22 bits per heavy atom. The molecule has 41 heavy (non-hydrogen) atoms. The smallest absolute Gasteiger partial charge is 0.368 e. The molecule has 10 nitrogen and oxygen atoms in total. The quantitative estimate of drug-likeness (QED) is 0.506. The van der Waals surface area contributed by atoms with Gasteiger partial charge in [-0.25, -0.2) is 13.4 Å². The number of anilines is 4. The number of nitriles is 1. The summed E-state index contributed by atoms with van der Waals surface area (Å²) in [5.41, 5.74) is -0.705. The molecule has 4 rings (SSSR count). The number of nitrogens with zero attached hydrogens (tertiary/aromatic N) is 6. The minimum absolute atomic E-state index is 0.0188. The molecule has 0 radical (unpaired) electrons. The van der Waals surface area contributed by atoms with Gasteiger partial charge in [-0.05, 0) is 65.8 Å². The van der Waals surface area contributed by atoms with Crippen molar-refractivity contribution in [3.05, 3.63) is 35.5 Å². The highest BCUT2D eigenvalue weighted by Gasteiger charge is 2.43. The normalized spacial score (nSPS) is 20.4. The average molecular weight is 595 g/mol. The molecule has 0 unspecified atom stereocenters. The first kappa shape index (κ1) is 30.8. The number of halogens is 3. The van der Waals surface area contributed by atoms with Gasteiger partial charge in [0.15, 0.2) is 0 Å². The fourth-order valence-electron chi connectivity index (χ4n) is 5.81. The predicted octanol–water partition coefficient (Wildman–Crippen LogP) is 4.26. The third-order valence-electron chi connectivity index (χ3n) is 8.16. The van der Waals surface area contributed by atoms with E-state index < -0.39 is 21.8 Å². The summed E-state index contributed by atoms with van der Waals surface area (Å²) >= 11 is 0. The molecule has 2 saturated heterocycles. The van der Waals surface area contributed by atoms with E-state index in [1.807, 2.05) is 0 Å². The van der Waals surface area contributed by atoms with Gasteiger partial charge in [-0.15, -0.1) is 0 Å². The van der Waals surface area contributed by atoms with Gasteiger partial charge in [0.1, 0.15) is 17.5 Å². The Labute approximate surface area is 239 Å². The molecular formula is C27H37F3N8O2S. The molecule has 1 aromatic carbocycles. The second kappa shape index (κ2) is 10.9. The van der Waals surface area contributed by atoms with E-state index in [1.54, 1.807) is 4.90 Å². The van der Waals surface area contributed by atoms with Crippen molar-refractivity contribution in [3.8, 4) is 6.07 Å². The number of aromatic nitrogens is 2. The molecule has 2 aliphatic rings. The van der Waals surface area contributed by atoms with Crippen LogP contribution in [0.2, 0.25) is 0 Å². The molecule has 0 amide bonds. The van der Waals surface area contributed by atoms with Crippen LogP contribution in [-0.2, 0) is 16.2 Å². The summed E-state index contributed by atoms with van der Waals surface area (Å²) in [5, 5.41) is 15.9. The van der Waals surface area contributed by atoms with Gasteiger partial charge in [-0.3, -0.25) is 4.90 Å². The van der Waals surface area contributed by atoms with E-state index in [-0.39, 0.29) is 66.2 Å². The number of nitrogens with one attached hydrogen (secondary N) is 2. The number of hydrogen-bond donors (Lipinski definition) is 2. The molecule has 0 saturated carbocycles. The van der Waals surface area contributed by atoms with Crippen LogP contribution in [0.4, 0.5) is 36.3 Å². The van der Waals surface area contributed by atoms with Gasteiger partial charge in [-0.1, -0.05) is 0 Å². The average Bonchev–Trinajstić information content (AvgIpc) is 2.86. The van der Waals surface area contributed by atoms with E-state index in [4.69, 9.17) is 0 Å². The van der Waals surface area contributed by atoms with Gasteiger partial charge in [0.2, 0.25) is 16.0 Å². The van der Waals surface area contributed by atoms with Crippen LogP contribution in [0.1, 0.15) is 51.7 Å². The van der Waals surface area contributed by atoms with E-state index in [1.165, 1.54) is 22.6 Å². The maximum absolute atomic E-state index is 14.1. The number of sulfonamides is 1. The van der Waals surface area contributed by atoms with Crippen molar-refractivity contribution in [2.24, 2.45) is 0 Å². The Bertz CT molecular complexity index is 1410. The number of benzene rings is 1. The van der Waals surface area contributed by atoms with Gasteiger partial charge >= 0.3 is 6.18 Å². The molecule has 224 valence electrons. The Morgan fingerprint density at radius 1 is 1.07 bits per heavy atom. The molecule has 2 fully saturated rings. The van der Waals surface area contributed by atoms with Gasteiger partial charge in [-0.2, -0.15) is 27.7 Å². The van der Waals surface area contributed by atoms with Crippen molar-refractivity contribution < 1.29 is 21.6 Å². The Balaban J connectivity index is 1.57. The molecule has 0 bridgehead atoms. The lowest BCUT2D eigenvalue weighted by molar-refractivity contribution is -0.137. The van der Waals surface area contributed by atoms with Crippen molar-refractivity contribution in [1.82, 2.24) is 19.2 Å². The Hall–Kier alpha value is -3.15. The summed E-state index contributed by atoms with van der Waals surface area (Å²) < 4.78 is 67.2. The maximum Gasteiger partial charge on any atom is 0.418 e. The number of alkyl halides is 3. The predicted molar refractivity (Wildman–Crippen MR) is 153 cm³/mol. The van der Waals surface area contributed by atoms with Gasteiger partial charge in [0, 0.05) is 54.7 Å². The molecule has 3 heterocycles. The first-order valence-electron chi connectivity index (χ1n) is 13.4. The van der Waals surface area contributed by atoms with Crippen LogP contribution in [0.5, 0.6) is 0 Å². The first-order chi connectivity index (χ1) is 18.9. The summed E-state index contributed by atoms with van der Waals surface area (Å²) in [6.45, 7) is 9.14. The van der Waals surface area contributed by atoms with E-state index in [0.717, 1.165) is 25.2 Å². The fraction of sp³-hybridized carbons (Fsp3) is 0.593. The highest BCUT2D eigenvalue weighted by Crippen LogP contribution is 2.40. The van der Waals surface area contributed by atoms with Crippen LogP contribution in [0.3, 0.4) is 0 Å². The van der Waals surface area contributed by atoms with Crippen LogP contribution < -0.4 is 15.5 Å². The molecule has 1 aromatic heterocycles. The monoisotopic (exact) mass is 594 g/mol. The molecule has 0 aliphatic carbocycles. The molecule has 2 aromatic rings. The molecular weight excluding hydrogens is 557 g/mol. The number of piperidine rings is 1. The number of likely N-dealkylation sites (tertiary alicyclic amines) is 1. The number of piperazine rings is 1. The minimum Gasteiger partial charge on any atom is -0.368 e. The standard InChI is InChI=1S/C27H37F3N8O2S/c1-25(2)14-20(15-26(3,4)36(25)5)33-23-18(16-31)17-32-24(35-23)34-19-7-8-22(21(13-19)27(28,29)30)37-9-11-38(12-10-37)41(6,39)40/h7-8,13,17,20H,9-12,14-15H2,1-6H3,(H2,32,33,34,35). The zero-order chi connectivity index (χ0) is 30.4. The molecule has 14 heteroatoms. The largest absolute Gasteiger partial charge is 0.418 e. The maximum atomic E-state index is 14.1. The molecule has 0 atom stereocenters. The molecule has 2 N–H and O–H groups in total. The van der Waals surface area contributed by atoms with Crippen LogP contribution in [0.15, 0.2) is 24.4 Å². The SMILES string of the molecule is CN1C(C)(C)CC(Nc2nc(Nc3ccc(N4CCN(S(C)(=O)=O)CC4)c(C(F)(F)F)c3)ncc2C#N)CC1(C)C. The Morgan fingerprint density at radius 2 is 1.68 bits per heavy atom. The van der Waals surface area contributed by atoms with Crippen molar-refractivity contribution >= 4 is 33.2 Å². The second-order valence-electron chi connectivity index (χ2n) is 12.0. The van der Waals surface area contributed by atoms with Crippen molar-refractivity contribution in [2.45, 2.75) is 63.8 Å². The highest BCUT2D eigenvalue weighted by molar-refractivity contribution is 7.88. The van der Waals surface area contributed by atoms with E-state index in [0.29, 0.717) is 5.82 Å². The van der Waals surface area contributed by atoms with Gasteiger partial charge in [0.25, 0.3) is 0 Å². The summed E-state index contributed by atoms with van der Waals surface area (Å²) in [5.74, 6) is 0.378. The lowest BCUT2D eigenvalue weighted by atomic mass is 9.77. The van der Waals surface area contributed by atoms with Crippen LogP contribution in [0, 0.1) is 11.3 Å². The van der Waals surface area contributed by atoms with E-state index in [2.05, 4.69) is 66.3 Å². The lowest BCUT2D eigenvalue weighted by Gasteiger charge is -2.53. The first-order valence-corrected chi connectivity index (χ1v) is 15.2. The van der Waals surface area contributed by atoms with E-state index in [9.17, 15) is 26.9 Å². The summed E-state index contributed by atoms with van der Waals surface area (Å²) in [7, 11) is -1.31. The molecule has 0 spiro atoms. The van der Waals surface area contributed by atoms with Crippen LogP contribution >= 0.6 is 0 Å². The van der Waals surface area contributed by atoms with Crippen molar-refractivity contribution in [3.63, 3.8) is 0 Å². The third-order valence-corrected chi connectivity index (χ3v) is 9.47. The molecule has 2 aliphatic heterocycles. The summed E-state index contributed by atoms with van der Waals surface area (Å²) in [6, 6.07) is 5.98. The third kappa shape index (κ3) is 6.85. The van der Waals surface area contributed by atoms with Gasteiger partial charge in [0.05, 0.1) is 18.0 Å².